The van der Waals surface area contributed by atoms with Gasteiger partial charge in [-0.3, -0.25) is 0 Å². The largest absolute Gasteiger partial charge is 0.506 e. The topological polar surface area (TPSA) is 46.5 Å². The van der Waals surface area contributed by atoms with Gasteiger partial charge in [-0.05, 0) is 25.3 Å². The Hall–Kier alpha value is -1.03. The second kappa shape index (κ2) is 5.16. The molecule has 1 aromatic heterocycles. The fraction of sp³-hybridized carbons (Fsp3) is 0.545. The van der Waals surface area contributed by atoms with Gasteiger partial charge in [0.25, 0.3) is 0 Å². The Morgan fingerprint density at radius 1 is 1.60 bits per heavy atom. The van der Waals surface area contributed by atoms with Crippen LogP contribution >= 0.6 is 11.3 Å². The van der Waals surface area contributed by atoms with E-state index in [0.29, 0.717) is 17.4 Å². The van der Waals surface area contributed by atoms with Crippen molar-refractivity contribution in [1.29, 1.82) is 0 Å². The van der Waals surface area contributed by atoms with Gasteiger partial charge in [0, 0.05) is 4.88 Å². The minimum absolute atomic E-state index is 0.0362. The second-order valence-electron chi connectivity index (χ2n) is 3.75. The van der Waals surface area contributed by atoms with Crippen LogP contribution in [0.1, 0.15) is 35.3 Å². The monoisotopic (exact) mass is 228 g/mol. The zero-order valence-electron chi connectivity index (χ0n) is 9.24. The van der Waals surface area contributed by atoms with Crippen molar-refractivity contribution < 1.29 is 14.6 Å². The maximum absolute atomic E-state index is 11.4. The van der Waals surface area contributed by atoms with E-state index in [1.54, 1.807) is 13.0 Å². The Kier molecular flexibility index (Phi) is 4.15. The summed E-state index contributed by atoms with van der Waals surface area (Å²) in [6, 6.07) is 1.65. The van der Waals surface area contributed by atoms with Crippen LogP contribution in [0, 0.1) is 5.92 Å². The molecule has 84 valence electrons. The number of aromatic hydroxyl groups is 1. The minimum Gasteiger partial charge on any atom is -0.506 e. The van der Waals surface area contributed by atoms with E-state index in [4.69, 9.17) is 4.74 Å². The molecule has 1 aromatic rings. The number of ether oxygens (including phenoxy) is 1. The van der Waals surface area contributed by atoms with E-state index in [0.717, 1.165) is 11.3 Å². The zero-order valence-corrected chi connectivity index (χ0v) is 10.1. The molecule has 0 atom stereocenters. The Labute approximate surface area is 93.7 Å². The van der Waals surface area contributed by atoms with E-state index in [2.05, 4.69) is 13.8 Å². The first-order chi connectivity index (χ1) is 7.04. The first-order valence-corrected chi connectivity index (χ1v) is 5.85. The van der Waals surface area contributed by atoms with E-state index >= 15 is 0 Å². The first kappa shape index (κ1) is 12.0. The molecule has 0 unspecified atom stereocenters. The molecule has 3 nitrogen and oxygen atoms in total. The summed E-state index contributed by atoms with van der Waals surface area (Å²) in [5.74, 6) is 0.113. The molecular formula is C11H16O3S. The van der Waals surface area contributed by atoms with E-state index in [1.165, 1.54) is 11.3 Å². The molecule has 1 N–H and O–H groups in total. The predicted molar refractivity (Wildman–Crippen MR) is 60.5 cm³/mol. The summed E-state index contributed by atoms with van der Waals surface area (Å²) in [6.07, 6.45) is 0.873. The van der Waals surface area contributed by atoms with Crippen molar-refractivity contribution in [3.8, 4) is 5.75 Å². The summed E-state index contributed by atoms with van der Waals surface area (Å²) in [5.41, 5.74) is 0. The normalized spacial score (nSPS) is 10.7. The molecule has 15 heavy (non-hydrogen) atoms. The van der Waals surface area contributed by atoms with Crippen LogP contribution < -0.4 is 0 Å². The van der Waals surface area contributed by atoms with E-state index in [9.17, 15) is 9.90 Å². The van der Waals surface area contributed by atoms with Crippen molar-refractivity contribution in [2.75, 3.05) is 6.61 Å². The van der Waals surface area contributed by atoms with Crippen LogP contribution in [-0.4, -0.2) is 17.7 Å². The number of thiophene rings is 1. The van der Waals surface area contributed by atoms with Gasteiger partial charge in [0.1, 0.15) is 5.75 Å². The minimum atomic E-state index is -0.435. The Bertz CT molecular complexity index is 342. The molecule has 0 saturated carbocycles. The average Bonchev–Trinajstić information content (AvgIpc) is 2.46. The first-order valence-electron chi connectivity index (χ1n) is 5.03. The highest BCUT2D eigenvalue weighted by Crippen LogP contribution is 2.30. The number of hydrogen-bond donors (Lipinski definition) is 1. The van der Waals surface area contributed by atoms with E-state index < -0.39 is 5.97 Å². The SMILES string of the molecule is CCOC(=O)c1sc(CC(C)C)cc1O. The molecule has 0 spiro atoms. The van der Waals surface area contributed by atoms with Crippen molar-refractivity contribution in [3.05, 3.63) is 15.8 Å². The van der Waals surface area contributed by atoms with Crippen LogP contribution in [0.25, 0.3) is 0 Å². The summed E-state index contributed by atoms with van der Waals surface area (Å²) in [4.78, 5) is 12.7. The molecule has 4 heteroatoms. The molecule has 0 aliphatic carbocycles. The summed E-state index contributed by atoms with van der Waals surface area (Å²) in [7, 11) is 0. The lowest BCUT2D eigenvalue weighted by Crippen LogP contribution is -2.02. The Morgan fingerprint density at radius 3 is 2.80 bits per heavy atom. The molecule has 0 aliphatic heterocycles. The molecule has 0 radical (unpaired) electrons. The molecule has 0 amide bonds. The molecule has 1 heterocycles. The molecular weight excluding hydrogens is 212 g/mol. The average molecular weight is 228 g/mol. The van der Waals surface area contributed by atoms with Crippen LogP contribution in [-0.2, 0) is 11.2 Å². The lowest BCUT2D eigenvalue weighted by atomic mass is 10.1. The lowest BCUT2D eigenvalue weighted by Gasteiger charge is -1.99. The zero-order chi connectivity index (χ0) is 11.4. The van der Waals surface area contributed by atoms with E-state index in [1.807, 2.05) is 0 Å². The second-order valence-corrected chi connectivity index (χ2v) is 4.88. The van der Waals surface area contributed by atoms with Crippen molar-refractivity contribution in [2.45, 2.75) is 27.2 Å². The van der Waals surface area contributed by atoms with Gasteiger partial charge in [-0.25, -0.2) is 4.79 Å². The van der Waals surface area contributed by atoms with Gasteiger partial charge < -0.3 is 9.84 Å². The third-order valence-electron chi connectivity index (χ3n) is 1.83. The third-order valence-corrected chi connectivity index (χ3v) is 2.96. The summed E-state index contributed by atoms with van der Waals surface area (Å²) >= 11 is 1.31. The van der Waals surface area contributed by atoms with Gasteiger partial charge in [-0.15, -0.1) is 11.3 Å². The third kappa shape index (κ3) is 3.23. The van der Waals surface area contributed by atoms with Gasteiger partial charge in [0.2, 0.25) is 0 Å². The highest BCUT2D eigenvalue weighted by Gasteiger charge is 2.17. The van der Waals surface area contributed by atoms with E-state index in [-0.39, 0.29) is 5.75 Å². The van der Waals surface area contributed by atoms with Gasteiger partial charge >= 0.3 is 5.97 Å². The van der Waals surface area contributed by atoms with Gasteiger partial charge in [-0.2, -0.15) is 0 Å². The number of hydrogen-bond acceptors (Lipinski definition) is 4. The molecule has 0 aromatic carbocycles. The number of rotatable bonds is 4. The number of carbonyl (C=O) groups excluding carboxylic acids is 1. The lowest BCUT2D eigenvalue weighted by molar-refractivity contribution is 0.0529. The van der Waals surface area contributed by atoms with Crippen molar-refractivity contribution in [3.63, 3.8) is 0 Å². The van der Waals surface area contributed by atoms with Crippen molar-refractivity contribution in [2.24, 2.45) is 5.92 Å². The molecule has 0 aliphatic rings. The molecule has 1 rings (SSSR count). The predicted octanol–water partition coefficient (Wildman–Crippen LogP) is 2.83. The van der Waals surface area contributed by atoms with Crippen LogP contribution in [0.4, 0.5) is 0 Å². The maximum atomic E-state index is 11.4. The Balaban J connectivity index is 2.81. The summed E-state index contributed by atoms with van der Waals surface area (Å²) < 4.78 is 4.84. The molecule has 0 fully saturated rings. The van der Waals surface area contributed by atoms with Gasteiger partial charge in [0.05, 0.1) is 6.61 Å². The van der Waals surface area contributed by atoms with Crippen LogP contribution in [0.15, 0.2) is 6.07 Å². The van der Waals surface area contributed by atoms with Gasteiger partial charge in [-0.1, -0.05) is 13.8 Å². The van der Waals surface area contributed by atoms with Crippen LogP contribution in [0.3, 0.4) is 0 Å². The maximum Gasteiger partial charge on any atom is 0.352 e. The smallest absolute Gasteiger partial charge is 0.352 e. The van der Waals surface area contributed by atoms with Crippen LogP contribution in [0.5, 0.6) is 5.75 Å². The van der Waals surface area contributed by atoms with Gasteiger partial charge in [0.15, 0.2) is 4.88 Å². The number of esters is 1. The molecule has 0 bridgehead atoms. The highest BCUT2D eigenvalue weighted by molar-refractivity contribution is 7.14. The summed E-state index contributed by atoms with van der Waals surface area (Å²) in [6.45, 7) is 6.27. The Morgan fingerprint density at radius 2 is 2.27 bits per heavy atom. The fourth-order valence-electron chi connectivity index (χ4n) is 1.28. The number of carbonyl (C=O) groups is 1. The van der Waals surface area contributed by atoms with Crippen molar-refractivity contribution in [1.82, 2.24) is 0 Å². The van der Waals surface area contributed by atoms with Crippen LogP contribution in [0.2, 0.25) is 0 Å². The van der Waals surface area contributed by atoms with Crippen molar-refractivity contribution >= 4 is 17.3 Å². The summed E-state index contributed by atoms with van der Waals surface area (Å²) in [5, 5.41) is 9.55. The quantitative estimate of drug-likeness (QED) is 0.806. The standard InChI is InChI=1S/C11H16O3S/c1-4-14-11(13)10-9(12)6-8(15-10)5-7(2)3/h6-7,12H,4-5H2,1-3H3. The fourth-order valence-corrected chi connectivity index (χ4v) is 2.43. The highest BCUT2D eigenvalue weighted by atomic mass is 32.1. The molecule has 0 saturated heterocycles.